The van der Waals surface area contributed by atoms with E-state index < -0.39 is 0 Å². The first-order valence-corrected chi connectivity index (χ1v) is 8.11. The second-order valence-corrected chi connectivity index (χ2v) is 6.56. The average molecular weight is 356 g/mol. The van der Waals surface area contributed by atoms with Crippen molar-refractivity contribution in [3.63, 3.8) is 0 Å². The molecular weight excluding hydrogens is 335 g/mol. The van der Waals surface area contributed by atoms with Crippen LogP contribution in [-0.4, -0.2) is 5.78 Å². The summed E-state index contributed by atoms with van der Waals surface area (Å²) in [4.78, 5) is 12.3. The van der Waals surface area contributed by atoms with Crippen molar-refractivity contribution >= 4 is 28.4 Å². The van der Waals surface area contributed by atoms with Crippen LogP contribution in [0, 0.1) is 9.49 Å². The second-order valence-electron chi connectivity index (χ2n) is 5.31. The molecule has 0 spiro atoms. The maximum atomic E-state index is 12.3. The molecule has 2 heteroatoms. The number of hydrogen-bond donors (Lipinski definition) is 0. The van der Waals surface area contributed by atoms with Crippen molar-refractivity contribution in [2.24, 2.45) is 5.92 Å². The van der Waals surface area contributed by atoms with Gasteiger partial charge in [-0.15, -0.1) is 0 Å². The summed E-state index contributed by atoms with van der Waals surface area (Å²) in [6.45, 7) is 0. The Morgan fingerprint density at radius 1 is 1.00 bits per heavy atom. The molecule has 1 aliphatic rings. The quantitative estimate of drug-likeness (QED) is 0.714. The number of benzene rings is 1. The molecular formula is C16H21IO. The maximum absolute atomic E-state index is 12.3. The Balaban J connectivity index is 1.91. The number of ketones is 1. The predicted octanol–water partition coefficient (Wildman–Crippen LogP) is 4.76. The number of hydrogen-bond acceptors (Lipinski definition) is 1. The summed E-state index contributed by atoms with van der Waals surface area (Å²) in [6, 6.07) is 8.34. The Morgan fingerprint density at radius 2 is 1.56 bits per heavy atom. The van der Waals surface area contributed by atoms with E-state index in [4.69, 9.17) is 0 Å². The molecule has 0 aliphatic heterocycles. The van der Waals surface area contributed by atoms with Gasteiger partial charge in [-0.1, -0.05) is 44.2 Å². The normalized spacial score (nSPS) is 18.1. The zero-order valence-electron chi connectivity index (χ0n) is 10.8. The first-order valence-electron chi connectivity index (χ1n) is 7.03. The van der Waals surface area contributed by atoms with Crippen molar-refractivity contribution < 1.29 is 4.79 Å². The lowest BCUT2D eigenvalue weighted by molar-refractivity contribution is -0.122. The fraction of sp³-hybridized carbons (Fsp3) is 0.562. The van der Waals surface area contributed by atoms with Crippen LogP contribution in [-0.2, 0) is 11.2 Å². The minimum atomic E-state index is 0.324. The standard InChI is InChI=1S/C16H21IO/c17-15-10-8-13(9-11-15)12-16(18)14-6-4-2-1-3-5-7-14/h8-11,14H,1-7,12H2. The van der Waals surface area contributed by atoms with Gasteiger partial charge in [0.1, 0.15) is 5.78 Å². The van der Waals surface area contributed by atoms with Crippen molar-refractivity contribution in [1.82, 2.24) is 0 Å². The van der Waals surface area contributed by atoms with Gasteiger partial charge in [-0.05, 0) is 53.1 Å². The lowest BCUT2D eigenvalue weighted by Crippen LogP contribution is -2.18. The summed E-state index contributed by atoms with van der Waals surface area (Å²) >= 11 is 2.30. The van der Waals surface area contributed by atoms with E-state index in [0.717, 1.165) is 12.8 Å². The summed E-state index contributed by atoms with van der Waals surface area (Å²) in [5.74, 6) is 0.780. The highest BCUT2D eigenvalue weighted by Gasteiger charge is 2.19. The van der Waals surface area contributed by atoms with E-state index in [1.165, 1.54) is 41.2 Å². The highest BCUT2D eigenvalue weighted by atomic mass is 127. The molecule has 1 aromatic rings. The van der Waals surface area contributed by atoms with Crippen LogP contribution in [0.4, 0.5) is 0 Å². The number of halogens is 1. The van der Waals surface area contributed by atoms with E-state index in [9.17, 15) is 4.79 Å². The Hall–Kier alpha value is -0.380. The van der Waals surface area contributed by atoms with Crippen LogP contribution in [0.1, 0.15) is 50.5 Å². The third kappa shape index (κ3) is 4.38. The van der Waals surface area contributed by atoms with Gasteiger partial charge in [0.2, 0.25) is 0 Å². The predicted molar refractivity (Wildman–Crippen MR) is 83.7 cm³/mol. The van der Waals surface area contributed by atoms with Crippen LogP contribution in [0.2, 0.25) is 0 Å². The molecule has 0 radical (unpaired) electrons. The third-order valence-electron chi connectivity index (χ3n) is 3.85. The summed E-state index contributed by atoms with van der Waals surface area (Å²) in [5.41, 5.74) is 1.17. The zero-order valence-corrected chi connectivity index (χ0v) is 13.0. The lowest BCUT2D eigenvalue weighted by atomic mass is 9.86. The van der Waals surface area contributed by atoms with Crippen LogP contribution < -0.4 is 0 Å². The van der Waals surface area contributed by atoms with Crippen LogP contribution >= 0.6 is 22.6 Å². The van der Waals surface area contributed by atoms with Gasteiger partial charge < -0.3 is 0 Å². The van der Waals surface area contributed by atoms with Gasteiger partial charge in [-0.25, -0.2) is 0 Å². The molecule has 0 aromatic heterocycles. The highest BCUT2D eigenvalue weighted by molar-refractivity contribution is 14.1. The summed E-state index contributed by atoms with van der Waals surface area (Å²) in [5, 5.41) is 0. The van der Waals surface area contributed by atoms with E-state index in [-0.39, 0.29) is 0 Å². The van der Waals surface area contributed by atoms with Gasteiger partial charge in [0.25, 0.3) is 0 Å². The van der Waals surface area contributed by atoms with E-state index in [0.29, 0.717) is 18.1 Å². The molecule has 2 rings (SSSR count). The Bertz CT molecular complexity index is 375. The van der Waals surface area contributed by atoms with Gasteiger partial charge in [0, 0.05) is 15.9 Å². The lowest BCUT2D eigenvalue weighted by Gasteiger charge is -2.18. The molecule has 1 aromatic carbocycles. The van der Waals surface area contributed by atoms with Gasteiger partial charge in [-0.2, -0.15) is 0 Å². The maximum Gasteiger partial charge on any atom is 0.140 e. The third-order valence-corrected chi connectivity index (χ3v) is 4.57. The van der Waals surface area contributed by atoms with Gasteiger partial charge in [0.05, 0.1) is 0 Å². The van der Waals surface area contributed by atoms with Crippen LogP contribution in [0.15, 0.2) is 24.3 Å². The number of carbonyl (C=O) groups excluding carboxylic acids is 1. The van der Waals surface area contributed by atoms with E-state index in [1.54, 1.807) is 0 Å². The second kappa shape index (κ2) is 7.27. The minimum absolute atomic E-state index is 0.324. The average Bonchev–Trinajstić information content (AvgIpc) is 2.31. The molecule has 0 atom stereocenters. The van der Waals surface area contributed by atoms with Crippen molar-refractivity contribution in [2.75, 3.05) is 0 Å². The van der Waals surface area contributed by atoms with Gasteiger partial charge in [0.15, 0.2) is 0 Å². The van der Waals surface area contributed by atoms with Crippen molar-refractivity contribution in [3.8, 4) is 0 Å². The van der Waals surface area contributed by atoms with E-state index in [2.05, 4.69) is 46.9 Å². The molecule has 1 fully saturated rings. The molecule has 98 valence electrons. The topological polar surface area (TPSA) is 17.1 Å². The summed E-state index contributed by atoms with van der Waals surface area (Å²) < 4.78 is 1.23. The van der Waals surface area contributed by atoms with Crippen LogP contribution in [0.25, 0.3) is 0 Å². The number of Topliss-reactive ketones (excluding diaryl/α,β-unsaturated/α-hetero) is 1. The van der Waals surface area contributed by atoms with Crippen molar-refractivity contribution in [2.45, 2.75) is 51.4 Å². The van der Waals surface area contributed by atoms with Gasteiger partial charge in [-0.3, -0.25) is 4.79 Å². The first-order chi connectivity index (χ1) is 8.75. The molecule has 0 unspecified atom stereocenters. The Labute approximate surface area is 123 Å². The molecule has 0 amide bonds. The van der Waals surface area contributed by atoms with Crippen LogP contribution in [0.5, 0.6) is 0 Å². The first kappa shape index (κ1) is 14.0. The fourth-order valence-corrected chi connectivity index (χ4v) is 3.09. The smallest absolute Gasteiger partial charge is 0.140 e. The Kier molecular flexibility index (Phi) is 5.67. The molecule has 1 nitrogen and oxygen atoms in total. The van der Waals surface area contributed by atoms with Crippen molar-refractivity contribution in [1.29, 1.82) is 0 Å². The monoisotopic (exact) mass is 356 g/mol. The van der Waals surface area contributed by atoms with Crippen molar-refractivity contribution in [3.05, 3.63) is 33.4 Å². The molecule has 18 heavy (non-hydrogen) atoms. The SMILES string of the molecule is O=C(Cc1ccc(I)cc1)C1CCCCCCC1. The zero-order chi connectivity index (χ0) is 12.8. The number of carbonyl (C=O) groups is 1. The van der Waals surface area contributed by atoms with Crippen LogP contribution in [0.3, 0.4) is 0 Å². The Morgan fingerprint density at radius 3 is 2.17 bits per heavy atom. The molecule has 0 saturated heterocycles. The van der Waals surface area contributed by atoms with E-state index in [1.807, 2.05) is 0 Å². The number of rotatable bonds is 3. The molecule has 0 bridgehead atoms. The molecule has 1 saturated carbocycles. The summed E-state index contributed by atoms with van der Waals surface area (Å²) in [6.07, 6.45) is 9.32. The van der Waals surface area contributed by atoms with E-state index >= 15 is 0 Å². The largest absolute Gasteiger partial charge is 0.299 e. The summed E-state index contributed by atoms with van der Waals surface area (Å²) in [7, 11) is 0. The highest BCUT2D eigenvalue weighted by Crippen LogP contribution is 2.24. The molecule has 0 N–H and O–H groups in total. The minimum Gasteiger partial charge on any atom is -0.299 e. The van der Waals surface area contributed by atoms with Gasteiger partial charge >= 0.3 is 0 Å². The molecule has 0 heterocycles. The fourth-order valence-electron chi connectivity index (χ4n) is 2.73. The molecule has 1 aliphatic carbocycles.